The minimum Gasteiger partial charge on any atom is -0.356 e. The van der Waals surface area contributed by atoms with Crippen molar-refractivity contribution in [3.63, 3.8) is 0 Å². The molecule has 27 heavy (non-hydrogen) atoms. The van der Waals surface area contributed by atoms with Crippen molar-refractivity contribution in [3.8, 4) is 0 Å². The first-order chi connectivity index (χ1) is 12.3. The lowest BCUT2D eigenvalue weighted by atomic mass is 10.1. The highest BCUT2D eigenvalue weighted by Crippen LogP contribution is 2.17. The summed E-state index contributed by atoms with van der Waals surface area (Å²) in [4.78, 5) is 6.74. The molecule has 0 radical (unpaired) electrons. The smallest absolute Gasteiger partial charge is 0.193 e. The van der Waals surface area contributed by atoms with Crippen LogP contribution in [0, 0.1) is 0 Å². The molecule has 148 valence electrons. The molecule has 0 saturated carbocycles. The van der Waals surface area contributed by atoms with Gasteiger partial charge in [0.25, 0.3) is 0 Å². The molecule has 0 aromatic heterocycles. The number of aliphatic imine (C=N–C) groups is 1. The van der Waals surface area contributed by atoms with Gasteiger partial charge in [0.2, 0.25) is 0 Å². The molecule has 0 aliphatic rings. The summed E-state index contributed by atoms with van der Waals surface area (Å²) in [7, 11) is 0.612. The molecule has 5 nitrogen and oxygen atoms in total. The number of nitrogens with one attached hydrogen (secondary N) is 1. The topological polar surface area (TPSA) is 61.8 Å². The summed E-state index contributed by atoms with van der Waals surface area (Å²) in [6.45, 7) is 1.45. The van der Waals surface area contributed by atoms with Gasteiger partial charge < -0.3 is 10.2 Å². The zero-order valence-electron chi connectivity index (χ0n) is 15.6. The molecule has 0 spiro atoms. The van der Waals surface area contributed by atoms with Crippen LogP contribution in [0.2, 0.25) is 0 Å². The van der Waals surface area contributed by atoms with E-state index in [0.717, 1.165) is 29.0 Å². The van der Waals surface area contributed by atoms with Gasteiger partial charge in [-0.2, -0.15) is 0 Å². The molecule has 0 heterocycles. The predicted octanol–water partition coefficient (Wildman–Crippen LogP) is 3.72. The van der Waals surface area contributed by atoms with E-state index < -0.39 is 9.84 Å². The third-order valence-corrected chi connectivity index (χ3v) is 5.89. The molecule has 2 rings (SSSR count). The van der Waals surface area contributed by atoms with Crippen LogP contribution in [0.25, 0.3) is 0 Å². The van der Waals surface area contributed by atoms with Crippen LogP contribution in [0.1, 0.15) is 11.1 Å². The monoisotopic (exact) mass is 565 g/mol. The average molecular weight is 566 g/mol. The summed E-state index contributed by atoms with van der Waals surface area (Å²) in [5.41, 5.74) is 2.27. The van der Waals surface area contributed by atoms with Gasteiger partial charge in [0, 0.05) is 37.9 Å². The van der Waals surface area contributed by atoms with Gasteiger partial charge in [-0.3, -0.25) is 4.99 Å². The molecule has 0 aliphatic carbocycles. The predicted molar refractivity (Wildman–Crippen MR) is 126 cm³/mol. The second-order valence-corrected chi connectivity index (χ2v) is 8.96. The molecule has 2 aromatic rings. The Bertz CT molecular complexity index is 871. The van der Waals surface area contributed by atoms with Crippen molar-refractivity contribution in [3.05, 3.63) is 64.1 Å². The lowest BCUT2D eigenvalue weighted by Gasteiger charge is -2.22. The van der Waals surface area contributed by atoms with Crippen LogP contribution < -0.4 is 5.32 Å². The molecular formula is C19H25BrIN3O2S. The molecule has 0 unspecified atom stereocenters. The summed E-state index contributed by atoms with van der Waals surface area (Å²) in [5.74, 6) is 0.813. The summed E-state index contributed by atoms with van der Waals surface area (Å²) in [6.07, 6.45) is 2.00. The molecule has 0 atom stereocenters. The van der Waals surface area contributed by atoms with Gasteiger partial charge in [-0.1, -0.05) is 46.3 Å². The SMILES string of the molecule is CN=C(NCCc1ccc(S(C)(=O)=O)cc1)N(C)Cc1ccccc1Br.I. The Morgan fingerprint density at radius 1 is 1.15 bits per heavy atom. The molecule has 8 heteroatoms. The number of guanidine groups is 1. The number of nitrogens with zero attached hydrogens (tertiary/aromatic N) is 2. The maximum Gasteiger partial charge on any atom is 0.193 e. The highest BCUT2D eigenvalue weighted by atomic mass is 127. The lowest BCUT2D eigenvalue weighted by Crippen LogP contribution is -2.39. The second kappa shape index (κ2) is 11.0. The van der Waals surface area contributed by atoms with Crippen LogP contribution in [-0.4, -0.2) is 46.2 Å². The van der Waals surface area contributed by atoms with E-state index in [1.165, 1.54) is 11.8 Å². The molecule has 2 aromatic carbocycles. The molecule has 0 saturated heterocycles. The summed E-state index contributed by atoms with van der Waals surface area (Å²) >= 11 is 3.57. The summed E-state index contributed by atoms with van der Waals surface area (Å²) in [5, 5.41) is 3.34. The maximum atomic E-state index is 11.5. The highest BCUT2D eigenvalue weighted by Gasteiger charge is 2.09. The van der Waals surface area contributed by atoms with E-state index >= 15 is 0 Å². The van der Waals surface area contributed by atoms with Crippen molar-refractivity contribution in [2.24, 2.45) is 4.99 Å². The van der Waals surface area contributed by atoms with Crippen molar-refractivity contribution in [2.75, 3.05) is 26.9 Å². The molecule has 0 amide bonds. The number of hydrogen-bond acceptors (Lipinski definition) is 3. The number of benzene rings is 2. The van der Waals surface area contributed by atoms with E-state index in [0.29, 0.717) is 11.4 Å². The highest BCUT2D eigenvalue weighted by molar-refractivity contribution is 14.0. The van der Waals surface area contributed by atoms with Gasteiger partial charge in [0.05, 0.1) is 4.90 Å². The first kappa shape index (κ1) is 23.9. The van der Waals surface area contributed by atoms with Crippen molar-refractivity contribution < 1.29 is 8.42 Å². The van der Waals surface area contributed by atoms with Crippen LogP contribution in [0.4, 0.5) is 0 Å². The van der Waals surface area contributed by atoms with Gasteiger partial charge in [0.15, 0.2) is 15.8 Å². The van der Waals surface area contributed by atoms with Crippen LogP contribution in [0.15, 0.2) is 62.9 Å². The Kier molecular flexibility index (Phi) is 9.75. The van der Waals surface area contributed by atoms with Crippen molar-refractivity contribution in [1.82, 2.24) is 10.2 Å². The Morgan fingerprint density at radius 3 is 2.33 bits per heavy atom. The number of sulfone groups is 1. The third kappa shape index (κ3) is 7.42. The van der Waals surface area contributed by atoms with Crippen molar-refractivity contribution in [2.45, 2.75) is 17.9 Å². The van der Waals surface area contributed by atoms with Crippen LogP contribution in [0.5, 0.6) is 0 Å². The van der Waals surface area contributed by atoms with E-state index in [9.17, 15) is 8.42 Å². The van der Waals surface area contributed by atoms with E-state index in [1.54, 1.807) is 19.2 Å². The largest absolute Gasteiger partial charge is 0.356 e. The minimum atomic E-state index is -3.15. The van der Waals surface area contributed by atoms with E-state index in [1.807, 2.05) is 37.4 Å². The van der Waals surface area contributed by atoms with Crippen LogP contribution >= 0.6 is 39.9 Å². The van der Waals surface area contributed by atoms with Crippen molar-refractivity contribution in [1.29, 1.82) is 0 Å². The minimum absolute atomic E-state index is 0. The first-order valence-corrected chi connectivity index (χ1v) is 10.9. The third-order valence-electron chi connectivity index (χ3n) is 3.99. The Labute approximate surface area is 187 Å². The second-order valence-electron chi connectivity index (χ2n) is 6.09. The number of halogens is 2. The van der Waals surface area contributed by atoms with E-state index in [2.05, 4.69) is 37.2 Å². The van der Waals surface area contributed by atoms with E-state index in [-0.39, 0.29) is 24.0 Å². The Balaban J connectivity index is 0.00000364. The lowest BCUT2D eigenvalue weighted by molar-refractivity contribution is 0.476. The molecular weight excluding hydrogens is 541 g/mol. The molecule has 0 bridgehead atoms. The van der Waals surface area contributed by atoms with Gasteiger partial charge in [-0.05, 0) is 35.7 Å². The number of rotatable bonds is 6. The van der Waals surface area contributed by atoms with Crippen LogP contribution in [-0.2, 0) is 22.8 Å². The standard InChI is InChI=1S/C19H24BrN3O2S.HI/c1-21-19(23(2)14-16-6-4-5-7-18(16)20)22-13-12-15-8-10-17(11-9-15)26(3,24)25;/h4-11H,12-14H2,1-3H3,(H,21,22);1H. The summed E-state index contributed by atoms with van der Waals surface area (Å²) in [6, 6.07) is 15.1. The fraction of sp³-hybridized carbons (Fsp3) is 0.316. The fourth-order valence-electron chi connectivity index (χ4n) is 2.56. The zero-order chi connectivity index (χ0) is 19.2. The molecule has 0 fully saturated rings. The molecule has 0 aliphatic heterocycles. The Morgan fingerprint density at radius 2 is 1.78 bits per heavy atom. The van der Waals surface area contributed by atoms with Gasteiger partial charge in [-0.15, -0.1) is 24.0 Å². The maximum absolute atomic E-state index is 11.5. The van der Waals surface area contributed by atoms with Gasteiger partial charge >= 0.3 is 0 Å². The Hall–Kier alpha value is -1.13. The average Bonchev–Trinajstić information content (AvgIpc) is 2.60. The fourth-order valence-corrected chi connectivity index (χ4v) is 3.60. The van der Waals surface area contributed by atoms with Crippen LogP contribution in [0.3, 0.4) is 0 Å². The number of hydrogen-bond donors (Lipinski definition) is 1. The summed E-state index contributed by atoms with van der Waals surface area (Å²) < 4.78 is 24.1. The normalized spacial score (nSPS) is 11.6. The quantitative estimate of drug-likeness (QED) is 0.329. The van der Waals surface area contributed by atoms with Crippen molar-refractivity contribution >= 4 is 55.7 Å². The first-order valence-electron chi connectivity index (χ1n) is 8.25. The van der Waals surface area contributed by atoms with Gasteiger partial charge in [-0.25, -0.2) is 8.42 Å². The molecule has 1 N–H and O–H groups in total. The zero-order valence-corrected chi connectivity index (χ0v) is 20.4. The van der Waals surface area contributed by atoms with Gasteiger partial charge in [0.1, 0.15) is 0 Å². The van der Waals surface area contributed by atoms with E-state index in [4.69, 9.17) is 0 Å².